The van der Waals surface area contributed by atoms with Gasteiger partial charge in [-0.05, 0) is 36.8 Å². The van der Waals surface area contributed by atoms with Crippen molar-refractivity contribution in [2.45, 2.75) is 19.4 Å². The minimum atomic E-state index is -0.0577. The predicted molar refractivity (Wildman–Crippen MR) is 83.1 cm³/mol. The van der Waals surface area contributed by atoms with Crippen molar-refractivity contribution in [2.75, 3.05) is 5.73 Å². The fourth-order valence-electron chi connectivity index (χ4n) is 1.83. The molecule has 0 spiro atoms. The van der Waals surface area contributed by atoms with Gasteiger partial charge >= 0.3 is 0 Å². The SMILES string of the molecule is CC(NC(=O)Cc1ccc(N)cn1)c1ccc(Br)cc1. The molecule has 0 saturated carbocycles. The molecule has 1 atom stereocenters. The highest BCUT2D eigenvalue weighted by atomic mass is 79.9. The van der Waals surface area contributed by atoms with Gasteiger partial charge in [0, 0.05) is 10.2 Å². The second kappa shape index (κ2) is 6.52. The number of aromatic nitrogens is 1. The van der Waals surface area contributed by atoms with Crippen molar-refractivity contribution in [3.63, 3.8) is 0 Å². The number of hydrogen-bond acceptors (Lipinski definition) is 3. The van der Waals surface area contributed by atoms with E-state index in [2.05, 4.69) is 26.2 Å². The summed E-state index contributed by atoms with van der Waals surface area (Å²) in [5, 5.41) is 2.95. The lowest BCUT2D eigenvalue weighted by Gasteiger charge is -2.14. The van der Waals surface area contributed by atoms with E-state index in [1.54, 1.807) is 18.3 Å². The third kappa shape index (κ3) is 4.06. The van der Waals surface area contributed by atoms with Crippen LogP contribution in [0.5, 0.6) is 0 Å². The van der Waals surface area contributed by atoms with Crippen LogP contribution in [0.4, 0.5) is 5.69 Å². The van der Waals surface area contributed by atoms with Crippen LogP contribution in [-0.4, -0.2) is 10.9 Å². The highest BCUT2D eigenvalue weighted by Gasteiger charge is 2.10. The van der Waals surface area contributed by atoms with Crippen molar-refractivity contribution in [3.05, 3.63) is 58.3 Å². The van der Waals surface area contributed by atoms with Gasteiger partial charge in [-0.25, -0.2) is 0 Å². The van der Waals surface area contributed by atoms with Crippen molar-refractivity contribution in [3.8, 4) is 0 Å². The zero-order valence-electron chi connectivity index (χ0n) is 11.1. The predicted octanol–water partition coefficient (Wildman–Crippen LogP) is 2.85. The van der Waals surface area contributed by atoms with Crippen molar-refractivity contribution in [2.24, 2.45) is 0 Å². The average Bonchev–Trinajstić information content (AvgIpc) is 2.42. The molecule has 1 aromatic carbocycles. The molecule has 1 heterocycles. The topological polar surface area (TPSA) is 68.0 Å². The van der Waals surface area contributed by atoms with Crippen molar-refractivity contribution in [1.82, 2.24) is 10.3 Å². The number of halogens is 1. The first-order valence-electron chi connectivity index (χ1n) is 6.30. The monoisotopic (exact) mass is 333 g/mol. The number of amides is 1. The van der Waals surface area contributed by atoms with Crippen molar-refractivity contribution in [1.29, 1.82) is 0 Å². The molecule has 1 aromatic heterocycles. The van der Waals surface area contributed by atoms with Crippen LogP contribution in [0.3, 0.4) is 0 Å². The number of hydrogen-bond donors (Lipinski definition) is 2. The maximum atomic E-state index is 12.0. The maximum absolute atomic E-state index is 12.0. The van der Waals surface area contributed by atoms with E-state index in [4.69, 9.17) is 5.73 Å². The zero-order valence-corrected chi connectivity index (χ0v) is 12.7. The molecular formula is C15H16BrN3O. The molecule has 0 aliphatic rings. The maximum Gasteiger partial charge on any atom is 0.226 e. The van der Waals surface area contributed by atoms with E-state index in [1.807, 2.05) is 31.2 Å². The molecule has 1 amide bonds. The molecule has 104 valence electrons. The summed E-state index contributed by atoms with van der Waals surface area (Å²) in [5.41, 5.74) is 7.92. The number of nitrogens with zero attached hydrogens (tertiary/aromatic N) is 1. The van der Waals surface area contributed by atoms with E-state index >= 15 is 0 Å². The first-order valence-corrected chi connectivity index (χ1v) is 7.09. The Morgan fingerprint density at radius 2 is 2.00 bits per heavy atom. The van der Waals surface area contributed by atoms with Crippen LogP contribution in [0.2, 0.25) is 0 Å². The fourth-order valence-corrected chi connectivity index (χ4v) is 2.10. The molecule has 2 aromatic rings. The first-order chi connectivity index (χ1) is 9.54. The Morgan fingerprint density at radius 1 is 1.30 bits per heavy atom. The number of anilines is 1. The summed E-state index contributed by atoms with van der Waals surface area (Å²) in [7, 11) is 0. The van der Waals surface area contributed by atoms with E-state index < -0.39 is 0 Å². The number of carbonyl (C=O) groups excluding carboxylic acids is 1. The third-order valence-corrected chi connectivity index (χ3v) is 3.47. The number of nitrogen functional groups attached to an aromatic ring is 1. The molecule has 3 N–H and O–H groups in total. The molecule has 0 aliphatic carbocycles. The summed E-state index contributed by atoms with van der Waals surface area (Å²) in [5.74, 6) is -0.0577. The number of pyridine rings is 1. The van der Waals surface area contributed by atoms with Gasteiger partial charge in [0.2, 0.25) is 5.91 Å². The van der Waals surface area contributed by atoms with Gasteiger partial charge in [-0.3, -0.25) is 9.78 Å². The molecular weight excluding hydrogens is 318 g/mol. The standard InChI is InChI=1S/C15H16BrN3O/c1-10(11-2-4-12(16)5-3-11)19-15(20)8-14-7-6-13(17)9-18-14/h2-7,9-10H,8,17H2,1H3,(H,19,20). The Kier molecular flexibility index (Phi) is 4.74. The van der Waals surface area contributed by atoms with Crippen LogP contribution in [-0.2, 0) is 11.2 Å². The minimum Gasteiger partial charge on any atom is -0.397 e. The van der Waals surface area contributed by atoms with Crippen LogP contribution in [0.1, 0.15) is 24.2 Å². The quantitative estimate of drug-likeness (QED) is 0.903. The number of nitrogens with one attached hydrogen (secondary N) is 1. The van der Waals surface area contributed by atoms with Crippen molar-refractivity contribution >= 4 is 27.5 Å². The van der Waals surface area contributed by atoms with Crippen molar-refractivity contribution < 1.29 is 4.79 Å². The second-order valence-electron chi connectivity index (χ2n) is 4.60. The Balaban J connectivity index is 1.93. The van der Waals surface area contributed by atoms with Gasteiger partial charge in [0.15, 0.2) is 0 Å². The Morgan fingerprint density at radius 3 is 2.60 bits per heavy atom. The smallest absolute Gasteiger partial charge is 0.226 e. The molecule has 5 heteroatoms. The first kappa shape index (κ1) is 14.5. The second-order valence-corrected chi connectivity index (χ2v) is 5.52. The van der Waals surface area contributed by atoms with Crippen LogP contribution in [0, 0.1) is 0 Å². The Bertz CT molecular complexity index is 581. The molecule has 0 radical (unpaired) electrons. The molecule has 4 nitrogen and oxygen atoms in total. The van der Waals surface area contributed by atoms with Gasteiger partial charge in [0.1, 0.15) is 0 Å². The van der Waals surface area contributed by atoms with E-state index in [0.29, 0.717) is 11.4 Å². The average molecular weight is 334 g/mol. The van der Waals surface area contributed by atoms with Gasteiger partial charge in [-0.1, -0.05) is 28.1 Å². The molecule has 2 rings (SSSR count). The van der Waals surface area contributed by atoms with E-state index in [-0.39, 0.29) is 18.4 Å². The summed E-state index contributed by atoms with van der Waals surface area (Å²) in [6, 6.07) is 11.4. The van der Waals surface area contributed by atoms with Gasteiger partial charge < -0.3 is 11.1 Å². The summed E-state index contributed by atoms with van der Waals surface area (Å²) in [6.45, 7) is 1.96. The van der Waals surface area contributed by atoms with Gasteiger partial charge in [0.25, 0.3) is 0 Å². The molecule has 20 heavy (non-hydrogen) atoms. The largest absolute Gasteiger partial charge is 0.397 e. The molecule has 1 unspecified atom stereocenters. The van der Waals surface area contributed by atoms with E-state index in [9.17, 15) is 4.79 Å². The summed E-state index contributed by atoms with van der Waals surface area (Å²) in [6.07, 6.45) is 1.81. The van der Waals surface area contributed by atoms with Crippen LogP contribution in [0.15, 0.2) is 47.1 Å². The Labute approximate surface area is 126 Å². The van der Waals surface area contributed by atoms with Gasteiger partial charge in [0.05, 0.1) is 24.3 Å². The van der Waals surface area contributed by atoms with E-state index in [0.717, 1.165) is 10.0 Å². The summed E-state index contributed by atoms with van der Waals surface area (Å²) in [4.78, 5) is 16.1. The molecule has 0 saturated heterocycles. The van der Waals surface area contributed by atoms with Crippen LogP contribution >= 0.6 is 15.9 Å². The minimum absolute atomic E-state index is 0.0376. The lowest BCUT2D eigenvalue weighted by molar-refractivity contribution is -0.121. The number of carbonyl (C=O) groups is 1. The highest BCUT2D eigenvalue weighted by Crippen LogP contribution is 2.16. The number of nitrogens with two attached hydrogens (primary N) is 1. The van der Waals surface area contributed by atoms with Gasteiger partial charge in [-0.15, -0.1) is 0 Å². The number of benzene rings is 1. The normalized spacial score (nSPS) is 11.9. The Hall–Kier alpha value is -1.88. The van der Waals surface area contributed by atoms with Gasteiger partial charge in [-0.2, -0.15) is 0 Å². The highest BCUT2D eigenvalue weighted by molar-refractivity contribution is 9.10. The van der Waals surface area contributed by atoms with Crippen LogP contribution < -0.4 is 11.1 Å². The number of rotatable bonds is 4. The summed E-state index contributed by atoms with van der Waals surface area (Å²) >= 11 is 3.39. The molecule has 0 bridgehead atoms. The fraction of sp³-hybridized carbons (Fsp3) is 0.200. The lowest BCUT2D eigenvalue weighted by Crippen LogP contribution is -2.28. The molecule has 0 aliphatic heterocycles. The third-order valence-electron chi connectivity index (χ3n) is 2.94. The van der Waals surface area contributed by atoms with Crippen LogP contribution in [0.25, 0.3) is 0 Å². The zero-order chi connectivity index (χ0) is 14.5. The lowest BCUT2D eigenvalue weighted by atomic mass is 10.1. The summed E-state index contributed by atoms with van der Waals surface area (Å²) < 4.78 is 1.02. The molecule has 0 fully saturated rings. The van der Waals surface area contributed by atoms with E-state index in [1.165, 1.54) is 0 Å².